The fourth-order valence-electron chi connectivity index (χ4n) is 3.85. The highest BCUT2D eigenvalue weighted by molar-refractivity contribution is 7.89. The predicted molar refractivity (Wildman–Crippen MR) is 120 cm³/mol. The maximum Gasteiger partial charge on any atom is 0.255 e. The minimum absolute atomic E-state index is 0.209. The number of methoxy groups -OCH3 is 1. The minimum Gasteiger partial charge on any atom is -0.494 e. The van der Waals surface area contributed by atoms with Crippen molar-refractivity contribution in [1.29, 1.82) is 0 Å². The Balaban J connectivity index is 1.59. The normalized spacial score (nSPS) is 15.0. The molecule has 0 aliphatic carbocycles. The van der Waals surface area contributed by atoms with Crippen LogP contribution in [0.15, 0.2) is 53.4 Å². The highest BCUT2D eigenvalue weighted by Gasteiger charge is 2.26. The first kappa shape index (κ1) is 21.3. The number of ether oxygens (including phenoxy) is 1. The summed E-state index contributed by atoms with van der Waals surface area (Å²) in [7, 11) is -1.95. The van der Waals surface area contributed by atoms with E-state index in [0.717, 1.165) is 30.3 Å². The van der Waals surface area contributed by atoms with Crippen LogP contribution in [0.25, 0.3) is 10.9 Å². The number of carbonyl (C=O) groups excluding carboxylic acids is 1. The number of hydrogen-bond donors (Lipinski definition) is 1. The molecule has 0 atom stereocenters. The van der Waals surface area contributed by atoms with Crippen molar-refractivity contribution >= 4 is 32.5 Å². The Kier molecular flexibility index (Phi) is 5.93. The smallest absolute Gasteiger partial charge is 0.255 e. The van der Waals surface area contributed by atoms with Crippen LogP contribution in [0.1, 0.15) is 35.3 Å². The highest BCUT2D eigenvalue weighted by atomic mass is 32.2. The number of benzene rings is 2. The zero-order valence-electron chi connectivity index (χ0n) is 17.6. The molecule has 0 bridgehead atoms. The Hall–Kier alpha value is -2.97. The molecular formula is C23H25N3O4S. The van der Waals surface area contributed by atoms with E-state index < -0.39 is 10.0 Å². The van der Waals surface area contributed by atoms with Crippen molar-refractivity contribution in [3.63, 3.8) is 0 Å². The van der Waals surface area contributed by atoms with Gasteiger partial charge in [0.2, 0.25) is 10.0 Å². The molecule has 1 aliphatic rings. The molecule has 2 heterocycles. The summed E-state index contributed by atoms with van der Waals surface area (Å²) in [6.07, 6.45) is 2.81. The van der Waals surface area contributed by atoms with Crippen LogP contribution < -0.4 is 10.1 Å². The van der Waals surface area contributed by atoms with Crippen LogP contribution in [0.4, 0.5) is 5.69 Å². The van der Waals surface area contributed by atoms with Crippen LogP contribution in [-0.4, -0.2) is 43.8 Å². The fraction of sp³-hybridized carbons (Fsp3) is 0.304. The quantitative estimate of drug-likeness (QED) is 0.650. The number of carbonyl (C=O) groups is 1. The monoisotopic (exact) mass is 439 g/mol. The molecule has 0 saturated carbocycles. The summed E-state index contributed by atoms with van der Waals surface area (Å²) in [6, 6.07) is 13.4. The molecule has 1 aromatic heterocycles. The van der Waals surface area contributed by atoms with Crippen molar-refractivity contribution in [3.8, 4) is 5.75 Å². The number of rotatable bonds is 5. The number of aryl methyl sites for hydroxylation is 1. The summed E-state index contributed by atoms with van der Waals surface area (Å²) >= 11 is 0. The number of hydrogen-bond acceptors (Lipinski definition) is 5. The maximum absolute atomic E-state index is 12.9. The number of nitrogens with one attached hydrogen (secondary N) is 1. The van der Waals surface area contributed by atoms with Gasteiger partial charge in [0, 0.05) is 29.7 Å². The van der Waals surface area contributed by atoms with Gasteiger partial charge in [0.25, 0.3) is 5.91 Å². The van der Waals surface area contributed by atoms with Gasteiger partial charge in [0.05, 0.1) is 17.7 Å². The van der Waals surface area contributed by atoms with Crippen LogP contribution in [0.3, 0.4) is 0 Å². The molecule has 8 heteroatoms. The molecule has 0 radical (unpaired) electrons. The number of pyridine rings is 1. The number of sulfonamides is 1. The van der Waals surface area contributed by atoms with Gasteiger partial charge >= 0.3 is 0 Å². The second-order valence-electron chi connectivity index (χ2n) is 7.61. The summed E-state index contributed by atoms with van der Waals surface area (Å²) in [5, 5.41) is 3.69. The van der Waals surface area contributed by atoms with E-state index in [1.165, 1.54) is 16.4 Å². The Morgan fingerprint density at radius 3 is 2.45 bits per heavy atom. The molecule has 1 N–H and O–H groups in total. The van der Waals surface area contributed by atoms with Crippen LogP contribution in [0.5, 0.6) is 5.75 Å². The molecule has 3 aromatic rings. The van der Waals surface area contributed by atoms with Crippen LogP contribution >= 0.6 is 0 Å². The molecule has 7 nitrogen and oxygen atoms in total. The SMILES string of the molecule is COc1cccc2c(NC(=O)c3ccc(S(=O)(=O)N4CCCCC4)cc3)cc(C)nc12. The Morgan fingerprint density at radius 1 is 1.06 bits per heavy atom. The lowest BCUT2D eigenvalue weighted by Crippen LogP contribution is -2.35. The molecular weight excluding hydrogens is 414 g/mol. The van der Waals surface area contributed by atoms with E-state index in [-0.39, 0.29) is 10.8 Å². The Bertz CT molecular complexity index is 1220. The molecule has 1 aliphatic heterocycles. The third-order valence-corrected chi connectivity index (χ3v) is 7.38. The summed E-state index contributed by atoms with van der Waals surface area (Å²) in [6.45, 7) is 2.94. The number of para-hydroxylation sites is 1. The van der Waals surface area contributed by atoms with E-state index in [2.05, 4.69) is 10.3 Å². The van der Waals surface area contributed by atoms with E-state index in [9.17, 15) is 13.2 Å². The number of aromatic nitrogens is 1. The van der Waals surface area contributed by atoms with Gasteiger partial charge in [0.1, 0.15) is 11.3 Å². The largest absolute Gasteiger partial charge is 0.494 e. The van der Waals surface area contributed by atoms with Gasteiger partial charge in [0.15, 0.2) is 0 Å². The van der Waals surface area contributed by atoms with Crippen molar-refractivity contribution in [2.24, 2.45) is 0 Å². The predicted octanol–water partition coefficient (Wildman–Crippen LogP) is 3.98. The first-order valence-electron chi connectivity index (χ1n) is 10.3. The molecule has 1 saturated heterocycles. The Labute approximate surface area is 182 Å². The van der Waals surface area contributed by atoms with Crippen molar-refractivity contribution in [1.82, 2.24) is 9.29 Å². The lowest BCUT2D eigenvalue weighted by atomic mass is 10.1. The summed E-state index contributed by atoms with van der Waals surface area (Å²) in [5.41, 5.74) is 2.41. The van der Waals surface area contributed by atoms with Crippen LogP contribution in [0, 0.1) is 6.92 Å². The summed E-state index contributed by atoms with van der Waals surface area (Å²) in [4.78, 5) is 17.6. The van der Waals surface area contributed by atoms with Crippen LogP contribution in [0.2, 0.25) is 0 Å². The maximum atomic E-state index is 12.9. The van der Waals surface area contributed by atoms with Gasteiger partial charge in [-0.15, -0.1) is 0 Å². The van der Waals surface area contributed by atoms with Gasteiger partial charge in [-0.05, 0) is 56.2 Å². The summed E-state index contributed by atoms with van der Waals surface area (Å²) in [5.74, 6) is 0.306. The highest BCUT2D eigenvalue weighted by Crippen LogP contribution is 2.30. The molecule has 0 spiro atoms. The van der Waals surface area contributed by atoms with Gasteiger partial charge in [-0.3, -0.25) is 4.79 Å². The number of anilines is 1. The zero-order valence-corrected chi connectivity index (χ0v) is 18.4. The van der Waals surface area contributed by atoms with Crippen LogP contribution in [-0.2, 0) is 10.0 Å². The van der Waals surface area contributed by atoms with Gasteiger partial charge in [-0.2, -0.15) is 4.31 Å². The Morgan fingerprint density at radius 2 is 1.77 bits per heavy atom. The average molecular weight is 440 g/mol. The van der Waals surface area contributed by atoms with E-state index in [0.29, 0.717) is 35.6 Å². The van der Waals surface area contributed by atoms with Crippen molar-refractivity contribution < 1.29 is 17.9 Å². The third kappa shape index (κ3) is 4.26. The average Bonchev–Trinajstić information content (AvgIpc) is 2.79. The standard InChI is InChI=1S/C23H25N3O4S/c1-16-15-20(19-7-6-8-21(30-2)22(19)24-16)25-23(27)17-9-11-18(12-10-17)31(28,29)26-13-4-3-5-14-26/h6-12,15H,3-5,13-14H2,1-2H3,(H,24,25,27). The van der Waals surface area contributed by atoms with E-state index in [1.807, 2.05) is 25.1 Å². The number of amides is 1. The molecule has 4 rings (SSSR count). The van der Waals surface area contributed by atoms with Gasteiger partial charge < -0.3 is 10.1 Å². The summed E-state index contributed by atoms with van der Waals surface area (Å²) < 4.78 is 32.5. The second-order valence-corrected chi connectivity index (χ2v) is 9.55. The van der Waals surface area contributed by atoms with Gasteiger partial charge in [-0.1, -0.05) is 18.6 Å². The molecule has 162 valence electrons. The lowest BCUT2D eigenvalue weighted by molar-refractivity contribution is 0.102. The first-order valence-corrected chi connectivity index (χ1v) is 11.7. The number of nitrogens with zero attached hydrogens (tertiary/aromatic N) is 2. The van der Waals surface area contributed by atoms with E-state index >= 15 is 0 Å². The van der Waals surface area contributed by atoms with Gasteiger partial charge in [-0.25, -0.2) is 13.4 Å². The molecule has 1 amide bonds. The first-order chi connectivity index (χ1) is 14.9. The van der Waals surface area contributed by atoms with Crippen molar-refractivity contribution in [2.45, 2.75) is 31.1 Å². The molecule has 1 fully saturated rings. The fourth-order valence-corrected chi connectivity index (χ4v) is 5.36. The zero-order chi connectivity index (χ0) is 22.0. The van der Waals surface area contributed by atoms with E-state index in [4.69, 9.17) is 4.74 Å². The number of piperidine rings is 1. The molecule has 0 unspecified atom stereocenters. The topological polar surface area (TPSA) is 88.6 Å². The van der Waals surface area contributed by atoms with Crippen molar-refractivity contribution in [2.75, 3.05) is 25.5 Å². The molecule has 31 heavy (non-hydrogen) atoms. The minimum atomic E-state index is -3.53. The third-order valence-electron chi connectivity index (χ3n) is 5.47. The number of fused-ring (bicyclic) bond motifs is 1. The molecule has 2 aromatic carbocycles. The second kappa shape index (κ2) is 8.64. The van der Waals surface area contributed by atoms with Crippen molar-refractivity contribution in [3.05, 3.63) is 59.8 Å². The lowest BCUT2D eigenvalue weighted by Gasteiger charge is -2.25. The van der Waals surface area contributed by atoms with E-state index in [1.54, 1.807) is 25.3 Å².